The summed E-state index contributed by atoms with van der Waals surface area (Å²) in [5.74, 6) is 3.11. The van der Waals surface area contributed by atoms with Crippen molar-refractivity contribution in [3.8, 4) is 0 Å². The average molecular weight is 353 g/mol. The summed E-state index contributed by atoms with van der Waals surface area (Å²) in [5, 5.41) is 12.1. The van der Waals surface area contributed by atoms with Gasteiger partial charge in [-0.3, -0.25) is 4.79 Å². The third kappa shape index (κ3) is 3.51. The van der Waals surface area contributed by atoms with Gasteiger partial charge in [-0.05, 0) is 24.3 Å². The van der Waals surface area contributed by atoms with Gasteiger partial charge in [-0.1, -0.05) is 37.3 Å². The molecule has 1 aromatic heterocycles. The van der Waals surface area contributed by atoms with Crippen molar-refractivity contribution in [1.82, 2.24) is 25.0 Å². The molecule has 1 amide bonds. The first-order valence-electron chi connectivity index (χ1n) is 9.68. The van der Waals surface area contributed by atoms with E-state index >= 15 is 0 Å². The molecule has 1 saturated heterocycles. The van der Waals surface area contributed by atoms with Crippen molar-refractivity contribution in [1.29, 1.82) is 0 Å². The summed E-state index contributed by atoms with van der Waals surface area (Å²) in [6.07, 6.45) is 2.55. The van der Waals surface area contributed by atoms with E-state index in [-0.39, 0.29) is 11.8 Å². The van der Waals surface area contributed by atoms with Crippen LogP contribution in [0.25, 0.3) is 0 Å². The highest BCUT2D eigenvalue weighted by Gasteiger charge is 2.29. The standard InChI is InChI=1S/C20H27N5O/c1-15(16-5-3-2-4-6-16)13-19(26)24-10-7-17(8-11-24)20-23-22-18-14-21-9-12-25(18)20/h2-6,15,17,21H,7-14H2,1H3. The number of rotatable bonds is 4. The number of fused-ring (bicyclic) bond motifs is 1. The zero-order valence-electron chi connectivity index (χ0n) is 15.4. The maximum absolute atomic E-state index is 12.7. The van der Waals surface area contributed by atoms with Gasteiger partial charge in [0, 0.05) is 38.5 Å². The van der Waals surface area contributed by atoms with Gasteiger partial charge in [-0.15, -0.1) is 10.2 Å². The van der Waals surface area contributed by atoms with E-state index in [1.807, 2.05) is 23.1 Å². The molecule has 0 aliphatic carbocycles. The number of amides is 1. The topological polar surface area (TPSA) is 63.1 Å². The highest BCUT2D eigenvalue weighted by molar-refractivity contribution is 5.77. The van der Waals surface area contributed by atoms with Crippen LogP contribution in [0.15, 0.2) is 30.3 Å². The fourth-order valence-corrected chi connectivity index (χ4v) is 4.09. The van der Waals surface area contributed by atoms with Crippen molar-refractivity contribution in [3.63, 3.8) is 0 Å². The minimum Gasteiger partial charge on any atom is -0.343 e. The molecule has 1 aromatic carbocycles. The Hall–Kier alpha value is -2.21. The van der Waals surface area contributed by atoms with Gasteiger partial charge in [0.1, 0.15) is 11.6 Å². The molecule has 0 bridgehead atoms. The summed E-state index contributed by atoms with van der Waals surface area (Å²) in [6, 6.07) is 10.3. The molecule has 2 aliphatic rings. The molecule has 1 N–H and O–H groups in total. The fraction of sp³-hybridized carbons (Fsp3) is 0.550. The van der Waals surface area contributed by atoms with E-state index in [9.17, 15) is 4.79 Å². The van der Waals surface area contributed by atoms with Gasteiger partial charge < -0.3 is 14.8 Å². The number of nitrogens with zero attached hydrogens (tertiary/aromatic N) is 4. The van der Waals surface area contributed by atoms with Crippen LogP contribution in [-0.2, 0) is 17.9 Å². The summed E-state index contributed by atoms with van der Waals surface area (Å²) in [7, 11) is 0. The number of carbonyl (C=O) groups excluding carboxylic acids is 1. The molecule has 1 atom stereocenters. The van der Waals surface area contributed by atoms with Gasteiger partial charge >= 0.3 is 0 Å². The van der Waals surface area contributed by atoms with Crippen LogP contribution < -0.4 is 5.32 Å². The molecular weight excluding hydrogens is 326 g/mol. The van der Waals surface area contributed by atoms with Crippen LogP contribution in [0.2, 0.25) is 0 Å². The van der Waals surface area contributed by atoms with Crippen molar-refractivity contribution >= 4 is 5.91 Å². The second-order valence-corrected chi connectivity index (χ2v) is 7.47. The van der Waals surface area contributed by atoms with E-state index in [2.05, 4.69) is 39.1 Å². The lowest BCUT2D eigenvalue weighted by molar-refractivity contribution is -0.132. The maximum Gasteiger partial charge on any atom is 0.223 e. The summed E-state index contributed by atoms with van der Waals surface area (Å²) in [4.78, 5) is 14.7. The normalized spacial score (nSPS) is 19.2. The molecule has 0 saturated carbocycles. The Morgan fingerprint density at radius 3 is 2.73 bits per heavy atom. The molecule has 0 radical (unpaired) electrons. The molecule has 6 heteroatoms. The van der Waals surface area contributed by atoms with Crippen LogP contribution in [0.1, 0.15) is 55.2 Å². The average Bonchev–Trinajstić information content (AvgIpc) is 3.13. The second-order valence-electron chi connectivity index (χ2n) is 7.47. The van der Waals surface area contributed by atoms with Crippen molar-refractivity contribution in [2.45, 2.75) is 51.1 Å². The second kappa shape index (κ2) is 7.58. The third-order valence-corrected chi connectivity index (χ3v) is 5.71. The van der Waals surface area contributed by atoms with Crippen molar-refractivity contribution < 1.29 is 4.79 Å². The Labute approximate surface area is 154 Å². The number of aromatic nitrogens is 3. The Morgan fingerprint density at radius 1 is 1.19 bits per heavy atom. The summed E-state index contributed by atoms with van der Waals surface area (Å²) < 4.78 is 2.27. The van der Waals surface area contributed by atoms with Crippen LogP contribution in [0, 0.1) is 0 Å². The lowest BCUT2D eigenvalue weighted by atomic mass is 9.93. The lowest BCUT2D eigenvalue weighted by Gasteiger charge is -2.32. The van der Waals surface area contributed by atoms with Gasteiger partial charge in [0.2, 0.25) is 5.91 Å². The van der Waals surface area contributed by atoms with Crippen LogP contribution in [0.4, 0.5) is 0 Å². The monoisotopic (exact) mass is 353 g/mol. The Morgan fingerprint density at radius 2 is 1.96 bits per heavy atom. The molecule has 6 nitrogen and oxygen atoms in total. The van der Waals surface area contributed by atoms with Gasteiger partial charge in [-0.2, -0.15) is 0 Å². The maximum atomic E-state index is 12.7. The molecular formula is C20H27N5O. The largest absolute Gasteiger partial charge is 0.343 e. The van der Waals surface area contributed by atoms with E-state index in [0.717, 1.165) is 57.2 Å². The molecule has 0 spiro atoms. The molecule has 138 valence electrons. The van der Waals surface area contributed by atoms with E-state index in [1.165, 1.54) is 5.56 Å². The lowest BCUT2D eigenvalue weighted by Crippen LogP contribution is -2.39. The zero-order chi connectivity index (χ0) is 17.9. The van der Waals surface area contributed by atoms with Gasteiger partial charge in [0.25, 0.3) is 0 Å². The summed E-state index contributed by atoms with van der Waals surface area (Å²) in [5.41, 5.74) is 1.24. The first-order chi connectivity index (χ1) is 12.7. The number of nitrogens with one attached hydrogen (secondary N) is 1. The van der Waals surface area contributed by atoms with Gasteiger partial charge in [0.15, 0.2) is 0 Å². The predicted molar refractivity (Wildman–Crippen MR) is 99.8 cm³/mol. The van der Waals surface area contributed by atoms with E-state index < -0.39 is 0 Å². The van der Waals surface area contributed by atoms with Crippen molar-refractivity contribution in [2.75, 3.05) is 19.6 Å². The molecule has 26 heavy (non-hydrogen) atoms. The first kappa shape index (κ1) is 17.2. The van der Waals surface area contributed by atoms with Crippen LogP contribution in [0.5, 0.6) is 0 Å². The smallest absolute Gasteiger partial charge is 0.223 e. The number of likely N-dealkylation sites (tertiary alicyclic amines) is 1. The molecule has 2 aliphatic heterocycles. The number of piperidine rings is 1. The van der Waals surface area contributed by atoms with Crippen LogP contribution in [-0.4, -0.2) is 45.2 Å². The number of hydrogen-bond acceptors (Lipinski definition) is 4. The molecule has 4 rings (SSSR count). The highest BCUT2D eigenvalue weighted by Crippen LogP contribution is 2.29. The molecule has 1 unspecified atom stereocenters. The molecule has 1 fully saturated rings. The number of hydrogen-bond donors (Lipinski definition) is 1. The fourth-order valence-electron chi connectivity index (χ4n) is 4.09. The predicted octanol–water partition coefficient (Wildman–Crippen LogP) is 2.28. The minimum absolute atomic E-state index is 0.262. The van der Waals surface area contributed by atoms with Gasteiger partial charge in [-0.25, -0.2) is 0 Å². The van der Waals surface area contributed by atoms with Crippen LogP contribution in [0.3, 0.4) is 0 Å². The SMILES string of the molecule is CC(CC(=O)N1CCC(c2nnc3n2CCNC3)CC1)c1ccccc1. The number of benzene rings is 1. The Balaban J connectivity index is 1.33. The number of carbonyl (C=O) groups is 1. The van der Waals surface area contributed by atoms with Gasteiger partial charge in [0.05, 0.1) is 6.54 Å². The zero-order valence-corrected chi connectivity index (χ0v) is 15.4. The summed E-state index contributed by atoms with van der Waals surface area (Å²) >= 11 is 0. The minimum atomic E-state index is 0.262. The molecule has 2 aromatic rings. The third-order valence-electron chi connectivity index (χ3n) is 5.71. The molecule has 3 heterocycles. The van der Waals surface area contributed by atoms with E-state index in [1.54, 1.807) is 0 Å². The quantitative estimate of drug-likeness (QED) is 0.916. The summed E-state index contributed by atoms with van der Waals surface area (Å²) in [6.45, 7) is 6.52. The Bertz CT molecular complexity index is 749. The Kier molecular flexibility index (Phi) is 5.02. The highest BCUT2D eigenvalue weighted by atomic mass is 16.2. The van der Waals surface area contributed by atoms with Crippen LogP contribution >= 0.6 is 0 Å². The van der Waals surface area contributed by atoms with E-state index in [0.29, 0.717) is 12.3 Å². The van der Waals surface area contributed by atoms with E-state index in [4.69, 9.17) is 0 Å². The van der Waals surface area contributed by atoms with Crippen molar-refractivity contribution in [3.05, 3.63) is 47.5 Å². The van der Waals surface area contributed by atoms with Crippen molar-refractivity contribution in [2.24, 2.45) is 0 Å². The first-order valence-corrected chi connectivity index (χ1v) is 9.68.